The van der Waals surface area contributed by atoms with Crippen LogP contribution in [-0.4, -0.2) is 37.5 Å². The molecule has 1 aromatic carbocycles. The number of rotatable bonds is 5. The molecule has 0 radical (unpaired) electrons. The lowest BCUT2D eigenvalue weighted by Gasteiger charge is -2.32. The zero-order valence-corrected chi connectivity index (χ0v) is 11.4. The number of esters is 1. The number of ether oxygens (including phenoxy) is 2. The van der Waals surface area contributed by atoms with Crippen molar-refractivity contribution < 1.29 is 32.2 Å². The quantitative estimate of drug-likeness (QED) is 0.666. The van der Waals surface area contributed by atoms with Gasteiger partial charge in [-0.15, -0.1) is 0 Å². The number of hydrogen-bond donors (Lipinski definition) is 1. The largest absolute Gasteiger partial charge is 0.462 e. The van der Waals surface area contributed by atoms with Crippen molar-refractivity contribution in [3.05, 3.63) is 35.9 Å². The Morgan fingerprint density at radius 1 is 1.19 bits per heavy atom. The third kappa shape index (κ3) is 3.52. The van der Waals surface area contributed by atoms with Gasteiger partial charge in [-0.1, -0.05) is 18.2 Å². The van der Waals surface area contributed by atoms with Crippen LogP contribution in [0.1, 0.15) is 17.3 Å². The van der Waals surface area contributed by atoms with Gasteiger partial charge in [0.05, 0.1) is 6.61 Å². The number of benzene rings is 1. The van der Waals surface area contributed by atoms with Crippen LogP contribution in [0.15, 0.2) is 30.3 Å². The SMILES string of the molecule is CCOC(=O)[C@@](NC(=O)c1ccccc1)(OC)C(F)(F)F. The van der Waals surface area contributed by atoms with Crippen LogP contribution >= 0.6 is 0 Å². The number of carbonyl (C=O) groups excluding carboxylic acids is 2. The van der Waals surface area contributed by atoms with Crippen molar-refractivity contribution in [1.29, 1.82) is 0 Å². The number of halogens is 3. The number of nitrogens with one attached hydrogen (secondary N) is 1. The first kappa shape index (κ1) is 17.0. The van der Waals surface area contributed by atoms with Gasteiger partial charge >= 0.3 is 17.9 Å². The fourth-order valence-corrected chi connectivity index (χ4v) is 1.54. The van der Waals surface area contributed by atoms with Gasteiger partial charge in [0.1, 0.15) is 0 Å². The van der Waals surface area contributed by atoms with E-state index in [2.05, 4.69) is 9.47 Å². The summed E-state index contributed by atoms with van der Waals surface area (Å²) in [5, 5.41) is 1.56. The Kier molecular flexibility index (Phi) is 5.31. The lowest BCUT2D eigenvalue weighted by atomic mass is 10.1. The van der Waals surface area contributed by atoms with Crippen molar-refractivity contribution in [1.82, 2.24) is 5.32 Å². The van der Waals surface area contributed by atoms with E-state index in [1.807, 2.05) is 0 Å². The molecule has 1 atom stereocenters. The van der Waals surface area contributed by atoms with Crippen LogP contribution in [0.3, 0.4) is 0 Å². The predicted molar refractivity (Wildman–Crippen MR) is 66.3 cm³/mol. The normalized spacial score (nSPS) is 14.1. The zero-order valence-electron chi connectivity index (χ0n) is 11.4. The van der Waals surface area contributed by atoms with E-state index in [4.69, 9.17) is 0 Å². The molecule has 5 nitrogen and oxygen atoms in total. The molecule has 0 spiro atoms. The maximum absolute atomic E-state index is 13.2. The number of hydrogen-bond acceptors (Lipinski definition) is 4. The molecular weight excluding hydrogens is 291 g/mol. The summed E-state index contributed by atoms with van der Waals surface area (Å²) in [6.07, 6.45) is -5.18. The Bertz CT molecular complexity index is 504. The minimum absolute atomic E-state index is 0.0486. The fraction of sp³-hybridized carbons (Fsp3) is 0.385. The van der Waals surface area contributed by atoms with E-state index >= 15 is 0 Å². The summed E-state index contributed by atoms with van der Waals surface area (Å²) in [5.74, 6) is -2.84. The number of methoxy groups -OCH3 is 1. The summed E-state index contributed by atoms with van der Waals surface area (Å²) in [6, 6.07) is 7.15. The minimum atomic E-state index is -5.18. The Hall–Kier alpha value is -2.09. The summed E-state index contributed by atoms with van der Waals surface area (Å²) < 4.78 is 48.2. The van der Waals surface area contributed by atoms with E-state index in [1.165, 1.54) is 31.2 Å². The molecule has 1 aromatic rings. The molecule has 0 aromatic heterocycles. The molecule has 0 unspecified atom stereocenters. The van der Waals surface area contributed by atoms with Crippen LogP contribution in [0.2, 0.25) is 0 Å². The van der Waals surface area contributed by atoms with Gasteiger partial charge in [0.25, 0.3) is 5.91 Å². The highest BCUT2D eigenvalue weighted by atomic mass is 19.4. The highest BCUT2D eigenvalue weighted by Gasteiger charge is 2.64. The van der Waals surface area contributed by atoms with Gasteiger partial charge in [0.2, 0.25) is 0 Å². The number of amides is 1. The molecule has 1 N–H and O–H groups in total. The summed E-state index contributed by atoms with van der Waals surface area (Å²) >= 11 is 0. The third-order valence-corrected chi connectivity index (χ3v) is 2.59. The molecule has 0 bridgehead atoms. The van der Waals surface area contributed by atoms with E-state index in [-0.39, 0.29) is 12.2 Å². The molecule has 0 saturated heterocycles. The highest BCUT2D eigenvalue weighted by Crippen LogP contribution is 2.32. The smallest absolute Gasteiger partial charge is 0.448 e. The topological polar surface area (TPSA) is 64.6 Å². The van der Waals surface area contributed by atoms with E-state index < -0.39 is 23.8 Å². The number of alkyl halides is 3. The molecule has 1 rings (SSSR count). The van der Waals surface area contributed by atoms with Crippen LogP contribution in [0.25, 0.3) is 0 Å². The van der Waals surface area contributed by atoms with Gasteiger partial charge in [-0.05, 0) is 19.1 Å². The first-order chi connectivity index (χ1) is 9.78. The third-order valence-electron chi connectivity index (χ3n) is 2.59. The van der Waals surface area contributed by atoms with E-state index in [0.29, 0.717) is 7.11 Å². The van der Waals surface area contributed by atoms with Gasteiger partial charge < -0.3 is 14.8 Å². The summed E-state index contributed by atoms with van der Waals surface area (Å²) in [4.78, 5) is 23.5. The van der Waals surface area contributed by atoms with Crippen LogP contribution < -0.4 is 5.32 Å². The molecule has 0 heterocycles. The molecule has 8 heteroatoms. The van der Waals surface area contributed by atoms with E-state index in [0.717, 1.165) is 0 Å². The van der Waals surface area contributed by atoms with Gasteiger partial charge in [-0.3, -0.25) is 4.79 Å². The Balaban J connectivity index is 3.14. The lowest BCUT2D eigenvalue weighted by Crippen LogP contribution is -2.65. The van der Waals surface area contributed by atoms with Crippen LogP contribution in [0.5, 0.6) is 0 Å². The highest BCUT2D eigenvalue weighted by molar-refractivity contribution is 5.97. The first-order valence-electron chi connectivity index (χ1n) is 5.95. The van der Waals surface area contributed by atoms with Gasteiger partial charge in [0, 0.05) is 12.7 Å². The van der Waals surface area contributed by atoms with Crippen LogP contribution in [-0.2, 0) is 14.3 Å². The minimum Gasteiger partial charge on any atom is -0.462 e. The van der Waals surface area contributed by atoms with Crippen molar-refractivity contribution in [2.75, 3.05) is 13.7 Å². The summed E-state index contributed by atoms with van der Waals surface area (Å²) in [5.41, 5.74) is -3.59. The molecule has 0 aliphatic heterocycles. The summed E-state index contributed by atoms with van der Waals surface area (Å²) in [6.45, 7) is 1.05. The second-order valence-corrected chi connectivity index (χ2v) is 3.92. The molecule has 0 aliphatic carbocycles. The van der Waals surface area contributed by atoms with Gasteiger partial charge in [-0.2, -0.15) is 13.2 Å². The van der Waals surface area contributed by atoms with Crippen molar-refractivity contribution in [3.8, 4) is 0 Å². The average molecular weight is 305 g/mol. The number of carbonyl (C=O) groups is 2. The van der Waals surface area contributed by atoms with Gasteiger partial charge in [0.15, 0.2) is 0 Å². The Morgan fingerprint density at radius 2 is 1.76 bits per heavy atom. The monoisotopic (exact) mass is 305 g/mol. The first-order valence-corrected chi connectivity index (χ1v) is 5.95. The fourth-order valence-electron chi connectivity index (χ4n) is 1.54. The molecule has 21 heavy (non-hydrogen) atoms. The van der Waals surface area contributed by atoms with Gasteiger partial charge in [-0.25, -0.2) is 4.79 Å². The van der Waals surface area contributed by atoms with E-state index in [1.54, 1.807) is 11.4 Å². The van der Waals surface area contributed by atoms with Crippen LogP contribution in [0.4, 0.5) is 13.2 Å². The van der Waals surface area contributed by atoms with E-state index in [9.17, 15) is 22.8 Å². The summed E-state index contributed by atoms with van der Waals surface area (Å²) in [7, 11) is 0.662. The van der Waals surface area contributed by atoms with Crippen LogP contribution in [0, 0.1) is 0 Å². The second-order valence-electron chi connectivity index (χ2n) is 3.92. The molecule has 116 valence electrons. The molecule has 0 fully saturated rings. The van der Waals surface area contributed by atoms with Crippen molar-refractivity contribution in [2.24, 2.45) is 0 Å². The molecule has 1 amide bonds. The molecule has 0 saturated carbocycles. The maximum Gasteiger partial charge on any atom is 0.448 e. The second kappa shape index (κ2) is 6.57. The zero-order chi connectivity index (χ0) is 16.1. The average Bonchev–Trinajstić information content (AvgIpc) is 2.44. The van der Waals surface area contributed by atoms with Crippen molar-refractivity contribution in [3.63, 3.8) is 0 Å². The van der Waals surface area contributed by atoms with Crippen molar-refractivity contribution >= 4 is 11.9 Å². The standard InChI is InChI=1S/C13H14F3NO4/c1-3-21-11(19)12(20-2,13(14,15)16)17-10(18)9-7-5-4-6-8-9/h4-8H,3H2,1-2H3,(H,17,18)/t12-/m1/s1. The molecule has 0 aliphatic rings. The Morgan fingerprint density at radius 3 is 2.19 bits per heavy atom. The molecular formula is C13H14F3NO4. The van der Waals surface area contributed by atoms with Crippen molar-refractivity contribution in [2.45, 2.75) is 18.8 Å². The maximum atomic E-state index is 13.2. The lowest BCUT2D eigenvalue weighted by molar-refractivity contribution is -0.277. The predicted octanol–water partition coefficient (Wildman–Crippen LogP) is 1.88. The Labute approximate surface area is 119 Å².